The molecule has 21 heavy (non-hydrogen) atoms. The highest BCUT2D eigenvalue weighted by atomic mass is 32.2. The van der Waals surface area contributed by atoms with Crippen LogP contribution in [0.2, 0.25) is 0 Å². The minimum absolute atomic E-state index is 0.0215. The lowest BCUT2D eigenvalue weighted by atomic mass is 9.96. The van der Waals surface area contributed by atoms with E-state index < -0.39 is 10.0 Å². The van der Waals surface area contributed by atoms with Gasteiger partial charge < -0.3 is 10.5 Å². The van der Waals surface area contributed by atoms with Crippen LogP contribution in [0.5, 0.6) is 0 Å². The fraction of sp³-hybridized carbons (Fsp3) is 0.600. The molecule has 1 aromatic rings. The molecule has 3 N–H and O–H groups in total. The molecule has 0 aromatic heterocycles. The van der Waals surface area contributed by atoms with Crippen molar-refractivity contribution in [3.8, 4) is 0 Å². The molecule has 0 radical (unpaired) electrons. The minimum Gasteiger partial charge on any atom is -0.398 e. The molecule has 2 saturated heterocycles. The summed E-state index contributed by atoms with van der Waals surface area (Å²) in [5.74, 6) is 0. The molecular formula is C15H22N2O3S. The van der Waals surface area contributed by atoms with Crippen LogP contribution >= 0.6 is 0 Å². The van der Waals surface area contributed by atoms with Gasteiger partial charge in [0.15, 0.2) is 0 Å². The van der Waals surface area contributed by atoms with Crippen LogP contribution in [0.25, 0.3) is 0 Å². The van der Waals surface area contributed by atoms with Crippen molar-refractivity contribution in [2.75, 3.05) is 5.73 Å². The summed E-state index contributed by atoms with van der Waals surface area (Å²) in [4.78, 5) is 0.313. The SMILES string of the molecule is Cc1cc(C)c(S(=O)(=O)NC2CC3CCC2O3)c(C)c1N. The Morgan fingerprint density at radius 1 is 1.24 bits per heavy atom. The van der Waals surface area contributed by atoms with E-state index in [1.165, 1.54) is 0 Å². The lowest BCUT2D eigenvalue weighted by Crippen LogP contribution is -2.41. The number of hydrogen-bond acceptors (Lipinski definition) is 4. The predicted octanol–water partition coefficient (Wildman–Crippen LogP) is 1.79. The molecule has 1 aromatic carbocycles. The summed E-state index contributed by atoms with van der Waals surface area (Å²) in [6, 6.07) is 1.71. The molecule has 2 aliphatic heterocycles. The number of sulfonamides is 1. The van der Waals surface area contributed by atoms with Crippen LogP contribution < -0.4 is 10.5 Å². The van der Waals surface area contributed by atoms with Crippen LogP contribution in [-0.4, -0.2) is 26.7 Å². The third kappa shape index (κ3) is 2.45. The maximum atomic E-state index is 12.7. The number of anilines is 1. The Balaban J connectivity index is 1.94. The predicted molar refractivity (Wildman–Crippen MR) is 81.7 cm³/mol. The Morgan fingerprint density at radius 2 is 1.95 bits per heavy atom. The maximum Gasteiger partial charge on any atom is 0.241 e. The van der Waals surface area contributed by atoms with E-state index in [0.29, 0.717) is 16.1 Å². The first-order chi connectivity index (χ1) is 9.79. The molecule has 3 atom stereocenters. The van der Waals surface area contributed by atoms with Gasteiger partial charge in [0.05, 0.1) is 23.1 Å². The molecule has 0 aliphatic carbocycles. The van der Waals surface area contributed by atoms with Gasteiger partial charge in [0, 0.05) is 5.69 Å². The first-order valence-electron chi connectivity index (χ1n) is 7.33. The second-order valence-electron chi connectivity index (χ2n) is 6.22. The standard InChI is InChI=1S/C15H22N2O3S/c1-8-6-9(2)15(10(3)14(8)16)21(18,19)17-12-7-11-4-5-13(12)20-11/h6,11-13,17H,4-5,7,16H2,1-3H3. The molecule has 116 valence electrons. The van der Waals surface area contributed by atoms with Crippen molar-refractivity contribution in [1.29, 1.82) is 0 Å². The summed E-state index contributed by atoms with van der Waals surface area (Å²) in [5, 5.41) is 0. The monoisotopic (exact) mass is 310 g/mol. The Morgan fingerprint density at radius 3 is 2.52 bits per heavy atom. The highest BCUT2D eigenvalue weighted by Crippen LogP contribution is 2.36. The highest BCUT2D eigenvalue weighted by Gasteiger charge is 2.43. The number of ether oxygens (including phenoxy) is 1. The number of nitrogen functional groups attached to an aromatic ring is 1. The van der Waals surface area contributed by atoms with Crippen molar-refractivity contribution >= 4 is 15.7 Å². The Labute approximate surface area is 125 Å². The zero-order valence-electron chi connectivity index (χ0n) is 12.6. The molecule has 2 heterocycles. The number of benzene rings is 1. The van der Waals surface area contributed by atoms with E-state index in [4.69, 9.17) is 10.5 Å². The lowest BCUT2D eigenvalue weighted by molar-refractivity contribution is 0.0996. The molecule has 0 spiro atoms. The third-order valence-electron chi connectivity index (χ3n) is 4.64. The van der Waals surface area contributed by atoms with E-state index in [1.807, 2.05) is 19.9 Å². The van der Waals surface area contributed by atoms with Crippen LogP contribution in [0.3, 0.4) is 0 Å². The van der Waals surface area contributed by atoms with Crippen molar-refractivity contribution in [1.82, 2.24) is 4.72 Å². The molecule has 0 amide bonds. The largest absolute Gasteiger partial charge is 0.398 e. The molecule has 3 rings (SSSR count). The van der Waals surface area contributed by atoms with Gasteiger partial charge in [-0.1, -0.05) is 6.07 Å². The smallest absolute Gasteiger partial charge is 0.241 e. The Kier molecular flexibility index (Phi) is 3.50. The fourth-order valence-electron chi connectivity index (χ4n) is 3.62. The van der Waals surface area contributed by atoms with Crippen molar-refractivity contribution < 1.29 is 13.2 Å². The average Bonchev–Trinajstić information content (AvgIpc) is 2.97. The number of hydrogen-bond donors (Lipinski definition) is 2. The molecule has 0 saturated carbocycles. The van der Waals surface area contributed by atoms with Crippen LogP contribution in [0.15, 0.2) is 11.0 Å². The van der Waals surface area contributed by atoms with E-state index >= 15 is 0 Å². The van der Waals surface area contributed by atoms with Crippen LogP contribution in [0.1, 0.15) is 36.0 Å². The Hall–Kier alpha value is -1.11. The van der Waals surface area contributed by atoms with Gasteiger partial charge in [-0.15, -0.1) is 0 Å². The molecular weight excluding hydrogens is 288 g/mol. The topological polar surface area (TPSA) is 81.4 Å². The minimum atomic E-state index is -3.58. The summed E-state index contributed by atoms with van der Waals surface area (Å²) in [7, 11) is -3.58. The van der Waals surface area contributed by atoms with Gasteiger partial charge in [-0.3, -0.25) is 0 Å². The molecule has 2 aliphatic rings. The van der Waals surface area contributed by atoms with Gasteiger partial charge in [0.1, 0.15) is 0 Å². The maximum absolute atomic E-state index is 12.7. The normalized spacial score (nSPS) is 28.2. The van der Waals surface area contributed by atoms with E-state index in [-0.39, 0.29) is 18.2 Å². The number of nitrogens with one attached hydrogen (secondary N) is 1. The summed E-state index contributed by atoms with van der Waals surface area (Å²) in [6.07, 6.45) is 2.98. The van der Waals surface area contributed by atoms with Crippen LogP contribution in [0, 0.1) is 20.8 Å². The third-order valence-corrected chi connectivity index (χ3v) is 6.42. The number of nitrogens with two attached hydrogens (primary N) is 1. The first-order valence-corrected chi connectivity index (χ1v) is 8.82. The molecule has 2 bridgehead atoms. The van der Waals surface area contributed by atoms with E-state index in [2.05, 4.69) is 4.72 Å². The van der Waals surface area contributed by atoms with Crippen molar-refractivity contribution in [2.45, 2.75) is 63.2 Å². The molecule has 2 fully saturated rings. The van der Waals surface area contributed by atoms with Crippen LogP contribution in [-0.2, 0) is 14.8 Å². The van der Waals surface area contributed by atoms with Crippen molar-refractivity contribution in [3.05, 3.63) is 22.8 Å². The summed E-state index contributed by atoms with van der Waals surface area (Å²) < 4.78 is 34.0. The number of fused-ring (bicyclic) bond motifs is 2. The number of rotatable bonds is 3. The first kappa shape index (κ1) is 14.8. The van der Waals surface area contributed by atoms with Gasteiger partial charge in [-0.05, 0) is 56.7 Å². The number of aryl methyl sites for hydroxylation is 2. The highest BCUT2D eigenvalue weighted by molar-refractivity contribution is 7.89. The van der Waals surface area contributed by atoms with E-state index in [9.17, 15) is 8.42 Å². The van der Waals surface area contributed by atoms with Crippen LogP contribution in [0.4, 0.5) is 5.69 Å². The molecule has 3 unspecified atom stereocenters. The van der Waals surface area contributed by atoms with Gasteiger partial charge in [-0.2, -0.15) is 0 Å². The van der Waals surface area contributed by atoms with E-state index in [0.717, 1.165) is 30.4 Å². The zero-order valence-corrected chi connectivity index (χ0v) is 13.5. The quantitative estimate of drug-likeness (QED) is 0.834. The average molecular weight is 310 g/mol. The van der Waals surface area contributed by atoms with Gasteiger partial charge in [-0.25, -0.2) is 13.1 Å². The summed E-state index contributed by atoms with van der Waals surface area (Å²) in [5.41, 5.74) is 8.82. The van der Waals surface area contributed by atoms with Gasteiger partial charge in [0.25, 0.3) is 0 Å². The van der Waals surface area contributed by atoms with Gasteiger partial charge >= 0.3 is 0 Å². The van der Waals surface area contributed by atoms with Crippen molar-refractivity contribution in [3.63, 3.8) is 0 Å². The van der Waals surface area contributed by atoms with E-state index in [1.54, 1.807) is 6.92 Å². The molecule has 5 nitrogen and oxygen atoms in total. The second kappa shape index (κ2) is 4.97. The van der Waals surface area contributed by atoms with Gasteiger partial charge in [0.2, 0.25) is 10.0 Å². The fourth-order valence-corrected chi connectivity index (χ4v) is 5.38. The second-order valence-corrected chi connectivity index (χ2v) is 7.87. The lowest BCUT2D eigenvalue weighted by Gasteiger charge is -2.22. The Bertz CT molecular complexity index is 685. The zero-order chi connectivity index (χ0) is 15.4. The molecule has 6 heteroatoms. The van der Waals surface area contributed by atoms with Crippen molar-refractivity contribution in [2.24, 2.45) is 0 Å². The summed E-state index contributed by atoms with van der Waals surface area (Å²) >= 11 is 0. The summed E-state index contributed by atoms with van der Waals surface area (Å²) in [6.45, 7) is 5.47.